The van der Waals surface area contributed by atoms with E-state index in [9.17, 15) is 14.4 Å². The first-order chi connectivity index (χ1) is 12.5. The quantitative estimate of drug-likeness (QED) is 0.897. The lowest BCUT2D eigenvalue weighted by Gasteiger charge is -2.35. The summed E-state index contributed by atoms with van der Waals surface area (Å²) < 4.78 is 0. The highest BCUT2D eigenvalue weighted by atomic mass is 16.4. The summed E-state index contributed by atoms with van der Waals surface area (Å²) in [5, 5.41) is 9.06. The fraction of sp³-hybridized carbons (Fsp3) is 0.550. The molecule has 1 saturated heterocycles. The molecule has 1 aliphatic heterocycles. The molecule has 1 aliphatic carbocycles. The Balaban J connectivity index is 1.52. The van der Waals surface area contributed by atoms with Crippen LogP contribution in [-0.4, -0.2) is 58.9 Å². The average molecular weight is 358 g/mol. The van der Waals surface area contributed by atoms with E-state index >= 15 is 0 Å². The lowest BCUT2D eigenvalue weighted by molar-refractivity contribution is -0.133. The number of nitrogens with zero attached hydrogens (tertiary/aromatic N) is 2. The Morgan fingerprint density at radius 3 is 2.19 bits per heavy atom. The van der Waals surface area contributed by atoms with E-state index < -0.39 is 5.97 Å². The normalized spacial score (nSPS) is 18.6. The van der Waals surface area contributed by atoms with Crippen molar-refractivity contribution in [2.24, 2.45) is 5.92 Å². The van der Waals surface area contributed by atoms with Gasteiger partial charge in [0.2, 0.25) is 5.91 Å². The Kier molecular flexibility index (Phi) is 5.91. The number of aromatic carboxylic acids is 1. The van der Waals surface area contributed by atoms with Crippen LogP contribution in [0.4, 0.5) is 0 Å². The zero-order valence-electron chi connectivity index (χ0n) is 15.0. The molecule has 3 rings (SSSR count). The number of carbonyl (C=O) groups excluding carboxylic acids is 2. The van der Waals surface area contributed by atoms with Crippen LogP contribution in [0.15, 0.2) is 24.3 Å². The molecular weight excluding hydrogens is 332 g/mol. The molecule has 0 bridgehead atoms. The molecule has 6 heteroatoms. The monoisotopic (exact) mass is 358 g/mol. The van der Waals surface area contributed by atoms with Gasteiger partial charge in [0, 0.05) is 38.2 Å². The largest absolute Gasteiger partial charge is 0.478 e. The summed E-state index contributed by atoms with van der Waals surface area (Å²) in [6.07, 6.45) is 6.70. The van der Waals surface area contributed by atoms with E-state index in [0.717, 1.165) is 12.8 Å². The van der Waals surface area contributed by atoms with Crippen molar-refractivity contribution >= 4 is 17.8 Å². The summed E-state index contributed by atoms with van der Waals surface area (Å²) in [6.45, 7) is 2.09. The van der Waals surface area contributed by atoms with E-state index in [4.69, 9.17) is 5.11 Å². The minimum absolute atomic E-state index is 0.108. The molecule has 1 saturated carbocycles. The molecular formula is C20H26N2O4. The maximum atomic E-state index is 12.6. The fourth-order valence-electron chi connectivity index (χ4n) is 3.89. The Bertz CT molecular complexity index is 674. The third kappa shape index (κ3) is 4.42. The Morgan fingerprint density at radius 2 is 1.54 bits per heavy atom. The lowest BCUT2D eigenvalue weighted by atomic mass is 9.86. The van der Waals surface area contributed by atoms with Gasteiger partial charge in [-0.25, -0.2) is 4.79 Å². The van der Waals surface area contributed by atoms with Gasteiger partial charge < -0.3 is 14.9 Å². The van der Waals surface area contributed by atoms with Crippen LogP contribution in [0.25, 0.3) is 0 Å². The van der Waals surface area contributed by atoms with Crippen LogP contribution >= 0.6 is 0 Å². The van der Waals surface area contributed by atoms with Crippen molar-refractivity contribution < 1.29 is 19.5 Å². The third-order valence-corrected chi connectivity index (χ3v) is 5.46. The molecule has 140 valence electrons. The molecule has 1 aromatic rings. The first-order valence-electron chi connectivity index (χ1n) is 9.45. The Hall–Kier alpha value is -2.37. The zero-order chi connectivity index (χ0) is 18.5. The van der Waals surface area contributed by atoms with Gasteiger partial charge in [-0.05, 0) is 37.0 Å². The zero-order valence-corrected chi connectivity index (χ0v) is 15.0. The number of amides is 2. The molecule has 1 heterocycles. The second-order valence-electron chi connectivity index (χ2n) is 7.27. The molecule has 0 atom stereocenters. The smallest absolute Gasteiger partial charge is 0.335 e. The first-order valence-corrected chi connectivity index (χ1v) is 9.45. The fourth-order valence-corrected chi connectivity index (χ4v) is 3.89. The predicted octanol–water partition coefficient (Wildman–Crippen LogP) is 2.64. The van der Waals surface area contributed by atoms with Crippen LogP contribution in [-0.2, 0) is 4.79 Å². The van der Waals surface area contributed by atoms with Crippen molar-refractivity contribution in [3.05, 3.63) is 35.4 Å². The van der Waals surface area contributed by atoms with E-state index in [1.54, 1.807) is 17.0 Å². The third-order valence-electron chi connectivity index (χ3n) is 5.46. The van der Waals surface area contributed by atoms with Crippen LogP contribution < -0.4 is 0 Å². The second-order valence-corrected chi connectivity index (χ2v) is 7.27. The van der Waals surface area contributed by atoms with E-state index in [2.05, 4.69) is 0 Å². The van der Waals surface area contributed by atoms with Gasteiger partial charge in [0.1, 0.15) is 0 Å². The standard InChI is InChI=1S/C20H26N2O4/c23-18(13-15-5-2-1-3-6-15)21-9-11-22(12-10-21)19(24)16-7-4-8-17(14-16)20(25)26/h4,7-8,14-15H,1-3,5-6,9-13H2,(H,25,26). The number of benzene rings is 1. The van der Waals surface area contributed by atoms with Crippen LogP contribution in [0.5, 0.6) is 0 Å². The van der Waals surface area contributed by atoms with Gasteiger partial charge in [-0.1, -0.05) is 25.3 Å². The predicted molar refractivity (Wildman–Crippen MR) is 97.1 cm³/mol. The van der Waals surface area contributed by atoms with Crippen LogP contribution in [0, 0.1) is 5.92 Å². The Morgan fingerprint density at radius 1 is 0.923 bits per heavy atom. The summed E-state index contributed by atoms with van der Waals surface area (Å²) in [5.41, 5.74) is 0.490. The molecule has 1 N–H and O–H groups in total. The van der Waals surface area contributed by atoms with Crippen LogP contribution in [0.3, 0.4) is 0 Å². The molecule has 0 unspecified atom stereocenters. The van der Waals surface area contributed by atoms with Gasteiger partial charge in [0.15, 0.2) is 0 Å². The first kappa shape index (κ1) is 18.4. The van der Waals surface area contributed by atoms with Crippen molar-refractivity contribution in [1.29, 1.82) is 0 Å². The molecule has 2 fully saturated rings. The van der Waals surface area contributed by atoms with Gasteiger partial charge in [-0.3, -0.25) is 9.59 Å². The van der Waals surface area contributed by atoms with Crippen molar-refractivity contribution in [3.8, 4) is 0 Å². The number of carbonyl (C=O) groups is 3. The van der Waals surface area contributed by atoms with Crippen molar-refractivity contribution in [2.45, 2.75) is 38.5 Å². The number of carboxylic acids is 1. The molecule has 1 aromatic carbocycles. The topological polar surface area (TPSA) is 77.9 Å². The van der Waals surface area contributed by atoms with E-state index in [1.807, 2.05) is 4.90 Å². The summed E-state index contributed by atoms with van der Waals surface area (Å²) in [5.74, 6) is -0.489. The van der Waals surface area contributed by atoms with Crippen LogP contribution in [0.1, 0.15) is 59.2 Å². The number of piperazine rings is 1. The molecule has 26 heavy (non-hydrogen) atoms. The van der Waals surface area contributed by atoms with Gasteiger partial charge in [0.05, 0.1) is 5.56 Å². The van der Waals surface area contributed by atoms with E-state index in [0.29, 0.717) is 44.1 Å². The van der Waals surface area contributed by atoms with Gasteiger partial charge >= 0.3 is 5.97 Å². The lowest BCUT2D eigenvalue weighted by Crippen LogP contribution is -2.50. The molecule has 0 spiro atoms. The average Bonchev–Trinajstić information content (AvgIpc) is 2.68. The molecule has 2 amide bonds. The molecule has 0 radical (unpaired) electrons. The highest BCUT2D eigenvalue weighted by Crippen LogP contribution is 2.27. The van der Waals surface area contributed by atoms with E-state index in [-0.39, 0.29) is 17.4 Å². The maximum absolute atomic E-state index is 12.6. The summed E-state index contributed by atoms with van der Waals surface area (Å²) >= 11 is 0. The van der Waals surface area contributed by atoms with Gasteiger partial charge in [-0.2, -0.15) is 0 Å². The highest BCUT2D eigenvalue weighted by Gasteiger charge is 2.27. The second kappa shape index (κ2) is 8.34. The van der Waals surface area contributed by atoms with Crippen molar-refractivity contribution in [2.75, 3.05) is 26.2 Å². The summed E-state index contributed by atoms with van der Waals surface area (Å²) in [4.78, 5) is 39.7. The minimum atomic E-state index is -1.04. The molecule has 6 nitrogen and oxygen atoms in total. The number of carboxylic acid groups (broad SMARTS) is 1. The van der Waals surface area contributed by atoms with Crippen molar-refractivity contribution in [1.82, 2.24) is 9.80 Å². The number of hydrogen-bond acceptors (Lipinski definition) is 3. The van der Waals surface area contributed by atoms with E-state index in [1.165, 1.54) is 31.4 Å². The maximum Gasteiger partial charge on any atom is 0.335 e. The van der Waals surface area contributed by atoms with Gasteiger partial charge in [-0.15, -0.1) is 0 Å². The number of hydrogen-bond donors (Lipinski definition) is 1. The minimum Gasteiger partial charge on any atom is -0.478 e. The number of rotatable bonds is 4. The van der Waals surface area contributed by atoms with Crippen molar-refractivity contribution in [3.63, 3.8) is 0 Å². The van der Waals surface area contributed by atoms with Crippen LogP contribution in [0.2, 0.25) is 0 Å². The molecule has 0 aromatic heterocycles. The summed E-state index contributed by atoms with van der Waals surface area (Å²) in [7, 11) is 0. The highest BCUT2D eigenvalue weighted by molar-refractivity contribution is 5.97. The molecule has 2 aliphatic rings. The SMILES string of the molecule is O=C(O)c1cccc(C(=O)N2CCN(C(=O)CC3CCCCC3)CC2)c1. The summed E-state index contributed by atoms with van der Waals surface area (Å²) in [6, 6.07) is 6.10. The Labute approximate surface area is 153 Å². The van der Waals surface area contributed by atoms with Gasteiger partial charge in [0.25, 0.3) is 5.91 Å².